The van der Waals surface area contributed by atoms with Crippen LogP contribution >= 0.6 is 0 Å². The summed E-state index contributed by atoms with van der Waals surface area (Å²) in [7, 11) is 0. The van der Waals surface area contributed by atoms with Crippen molar-refractivity contribution in [2.45, 2.75) is 0 Å². The number of nitrogens with zero attached hydrogens (tertiary/aromatic N) is 2. The van der Waals surface area contributed by atoms with E-state index in [1.807, 2.05) is 48.5 Å². The lowest BCUT2D eigenvalue weighted by atomic mass is 9.96. The SMILES string of the molecule is N#Cc1cccc(-c2cc(-c3ccc4oc5ccccc5c4c3)cc(-n3c4ccccc4c4cc5oc6ccccc6c5cc43)c2)c1. The van der Waals surface area contributed by atoms with Crippen molar-refractivity contribution in [1.82, 2.24) is 4.57 Å². The molecular weight excluding hydrogens is 576 g/mol. The van der Waals surface area contributed by atoms with Gasteiger partial charge in [-0.15, -0.1) is 0 Å². The lowest BCUT2D eigenvalue weighted by molar-refractivity contribution is 0.669. The highest BCUT2D eigenvalue weighted by atomic mass is 16.3. The molecule has 0 bridgehead atoms. The molecule has 0 aliphatic heterocycles. The van der Waals surface area contributed by atoms with Crippen LogP contribution in [0, 0.1) is 11.3 Å². The molecule has 0 aliphatic rings. The molecule has 0 aliphatic carbocycles. The summed E-state index contributed by atoms with van der Waals surface area (Å²) in [6, 6.07) is 52.7. The van der Waals surface area contributed by atoms with Crippen LogP contribution in [0.15, 0.2) is 154 Å². The Morgan fingerprint density at radius 1 is 0.404 bits per heavy atom. The average molecular weight is 601 g/mol. The van der Waals surface area contributed by atoms with Crippen molar-refractivity contribution in [2.24, 2.45) is 0 Å². The first-order valence-electron chi connectivity index (χ1n) is 15.6. The first-order valence-corrected chi connectivity index (χ1v) is 15.6. The maximum atomic E-state index is 9.72. The van der Waals surface area contributed by atoms with E-state index in [0.717, 1.165) is 93.6 Å². The fourth-order valence-electron chi connectivity index (χ4n) is 7.21. The molecule has 218 valence electrons. The van der Waals surface area contributed by atoms with Crippen LogP contribution in [0.25, 0.3) is 93.6 Å². The summed E-state index contributed by atoms with van der Waals surface area (Å²) in [5.74, 6) is 0. The Kier molecular flexibility index (Phi) is 5.32. The van der Waals surface area contributed by atoms with Crippen LogP contribution in [0.3, 0.4) is 0 Å². The quantitative estimate of drug-likeness (QED) is 0.203. The average Bonchev–Trinajstić information content (AvgIpc) is 3.79. The molecule has 47 heavy (non-hydrogen) atoms. The fourth-order valence-corrected chi connectivity index (χ4v) is 7.21. The molecule has 0 amide bonds. The smallest absolute Gasteiger partial charge is 0.136 e. The van der Waals surface area contributed by atoms with Gasteiger partial charge >= 0.3 is 0 Å². The van der Waals surface area contributed by atoms with Gasteiger partial charge in [-0.05, 0) is 95.1 Å². The molecular formula is C43H24N2O2. The molecule has 0 fully saturated rings. The molecule has 3 heterocycles. The summed E-state index contributed by atoms with van der Waals surface area (Å²) in [4.78, 5) is 0. The number of nitriles is 1. The number of hydrogen-bond acceptors (Lipinski definition) is 3. The predicted octanol–water partition coefficient (Wildman–Crippen LogP) is 11.8. The van der Waals surface area contributed by atoms with Gasteiger partial charge in [0.15, 0.2) is 0 Å². The van der Waals surface area contributed by atoms with Gasteiger partial charge in [-0.2, -0.15) is 5.26 Å². The topological polar surface area (TPSA) is 55.0 Å². The van der Waals surface area contributed by atoms with E-state index >= 15 is 0 Å². The number of furan rings is 2. The van der Waals surface area contributed by atoms with E-state index in [-0.39, 0.29) is 0 Å². The van der Waals surface area contributed by atoms with Crippen molar-refractivity contribution >= 4 is 65.7 Å². The molecule has 10 rings (SSSR count). The molecule has 0 spiro atoms. The van der Waals surface area contributed by atoms with Crippen molar-refractivity contribution in [3.63, 3.8) is 0 Å². The normalized spacial score (nSPS) is 11.8. The van der Waals surface area contributed by atoms with E-state index in [1.54, 1.807) is 0 Å². The zero-order chi connectivity index (χ0) is 31.1. The summed E-state index contributed by atoms with van der Waals surface area (Å²) < 4.78 is 14.8. The van der Waals surface area contributed by atoms with Gasteiger partial charge < -0.3 is 13.4 Å². The highest BCUT2D eigenvalue weighted by molar-refractivity contribution is 6.17. The van der Waals surface area contributed by atoms with E-state index in [2.05, 4.69) is 108 Å². The number of para-hydroxylation sites is 3. The minimum atomic E-state index is 0.631. The van der Waals surface area contributed by atoms with Crippen LogP contribution in [0.2, 0.25) is 0 Å². The van der Waals surface area contributed by atoms with Crippen LogP contribution in [-0.2, 0) is 0 Å². The third-order valence-electron chi connectivity index (χ3n) is 9.38. The fraction of sp³-hybridized carbons (Fsp3) is 0. The van der Waals surface area contributed by atoms with Crippen LogP contribution in [0.1, 0.15) is 5.56 Å². The Hall–Kier alpha value is -6.57. The van der Waals surface area contributed by atoms with Gasteiger partial charge in [0.25, 0.3) is 0 Å². The molecule has 0 N–H and O–H groups in total. The molecule has 0 saturated heterocycles. The van der Waals surface area contributed by atoms with Crippen molar-refractivity contribution < 1.29 is 8.83 Å². The van der Waals surface area contributed by atoms with Gasteiger partial charge in [0.1, 0.15) is 22.3 Å². The Balaban J connectivity index is 1.29. The molecule has 7 aromatic carbocycles. The van der Waals surface area contributed by atoms with Gasteiger partial charge in [-0.1, -0.05) is 72.8 Å². The highest BCUT2D eigenvalue weighted by Gasteiger charge is 2.18. The Morgan fingerprint density at radius 3 is 1.81 bits per heavy atom. The minimum absolute atomic E-state index is 0.631. The molecule has 0 radical (unpaired) electrons. The summed E-state index contributed by atoms with van der Waals surface area (Å²) in [5.41, 5.74) is 11.6. The second-order valence-electron chi connectivity index (χ2n) is 12.1. The van der Waals surface area contributed by atoms with Crippen LogP contribution in [-0.4, -0.2) is 4.57 Å². The third-order valence-corrected chi connectivity index (χ3v) is 9.38. The second-order valence-corrected chi connectivity index (χ2v) is 12.1. The van der Waals surface area contributed by atoms with E-state index in [9.17, 15) is 5.26 Å². The minimum Gasteiger partial charge on any atom is -0.456 e. The number of benzene rings is 7. The Bertz CT molecular complexity index is 2930. The lowest BCUT2D eigenvalue weighted by Gasteiger charge is -2.14. The highest BCUT2D eigenvalue weighted by Crippen LogP contribution is 2.40. The standard InChI is InChI=1S/C43H24N2O2/c44-25-26-8-7-9-27(18-26)29-19-30(28-16-17-42-36(22-28)33-11-2-5-14-40(33)46-42)21-31(20-29)45-38-13-4-1-10-32(38)35-24-43-37(23-39(35)45)34-12-3-6-15-41(34)47-43/h1-24H. The maximum absolute atomic E-state index is 9.72. The molecule has 4 nitrogen and oxygen atoms in total. The number of hydrogen-bond donors (Lipinski definition) is 0. The molecule has 10 aromatic rings. The van der Waals surface area contributed by atoms with Gasteiger partial charge in [0.05, 0.1) is 22.7 Å². The number of rotatable bonds is 3. The van der Waals surface area contributed by atoms with E-state index in [0.29, 0.717) is 5.56 Å². The monoisotopic (exact) mass is 600 g/mol. The second kappa shape index (κ2) is 9.71. The van der Waals surface area contributed by atoms with Crippen molar-refractivity contribution in [3.05, 3.63) is 151 Å². The summed E-state index contributed by atoms with van der Waals surface area (Å²) in [6.07, 6.45) is 0. The van der Waals surface area contributed by atoms with Crippen LogP contribution < -0.4 is 0 Å². The summed E-state index contributed by atoms with van der Waals surface area (Å²) in [5, 5.41) is 16.4. The molecule has 3 aromatic heterocycles. The van der Waals surface area contributed by atoms with Crippen LogP contribution in [0.4, 0.5) is 0 Å². The molecule has 0 atom stereocenters. The zero-order valence-corrected chi connectivity index (χ0v) is 25.1. The van der Waals surface area contributed by atoms with Crippen molar-refractivity contribution in [3.8, 4) is 34.0 Å². The first-order chi connectivity index (χ1) is 23.2. The van der Waals surface area contributed by atoms with E-state index in [4.69, 9.17) is 8.83 Å². The molecule has 0 unspecified atom stereocenters. The lowest BCUT2D eigenvalue weighted by Crippen LogP contribution is -1.96. The van der Waals surface area contributed by atoms with Gasteiger partial charge in [-0.3, -0.25) is 0 Å². The van der Waals surface area contributed by atoms with Crippen molar-refractivity contribution in [2.75, 3.05) is 0 Å². The van der Waals surface area contributed by atoms with Gasteiger partial charge in [-0.25, -0.2) is 0 Å². The maximum Gasteiger partial charge on any atom is 0.136 e. The van der Waals surface area contributed by atoms with Gasteiger partial charge in [0.2, 0.25) is 0 Å². The van der Waals surface area contributed by atoms with Gasteiger partial charge in [0, 0.05) is 38.0 Å². The van der Waals surface area contributed by atoms with Crippen LogP contribution in [0.5, 0.6) is 0 Å². The van der Waals surface area contributed by atoms with E-state index in [1.165, 1.54) is 0 Å². The summed E-state index contributed by atoms with van der Waals surface area (Å²) in [6.45, 7) is 0. The predicted molar refractivity (Wildman–Crippen MR) is 191 cm³/mol. The third kappa shape index (κ3) is 3.87. The zero-order valence-electron chi connectivity index (χ0n) is 25.1. The molecule has 0 saturated carbocycles. The first kappa shape index (κ1) is 25.7. The number of fused-ring (bicyclic) bond motifs is 9. The summed E-state index contributed by atoms with van der Waals surface area (Å²) >= 11 is 0. The molecule has 4 heteroatoms. The largest absolute Gasteiger partial charge is 0.456 e. The van der Waals surface area contributed by atoms with E-state index < -0.39 is 0 Å². The number of aromatic nitrogens is 1. The van der Waals surface area contributed by atoms with Crippen molar-refractivity contribution in [1.29, 1.82) is 5.26 Å². The Morgan fingerprint density at radius 2 is 1.04 bits per heavy atom. The Labute approximate surface area is 268 Å².